The minimum absolute atomic E-state index is 0.0461. The minimum atomic E-state index is -1.49. The molecule has 72 valence electrons. The van der Waals surface area contributed by atoms with Crippen molar-refractivity contribution < 1.29 is 13.2 Å². The SMILES string of the molecule is NCC(N)c1cc(F)c(F)c(F)c1. The average Bonchev–Trinajstić information content (AvgIpc) is 2.12. The van der Waals surface area contributed by atoms with Crippen LogP contribution in [0.5, 0.6) is 0 Å². The highest BCUT2D eigenvalue weighted by molar-refractivity contribution is 5.22. The number of hydrogen-bond acceptors (Lipinski definition) is 2. The monoisotopic (exact) mass is 190 g/mol. The topological polar surface area (TPSA) is 52.0 Å². The Hall–Kier alpha value is -1.07. The molecule has 0 spiro atoms. The minimum Gasteiger partial charge on any atom is -0.329 e. The van der Waals surface area contributed by atoms with Crippen LogP contribution in [0, 0.1) is 17.5 Å². The van der Waals surface area contributed by atoms with Gasteiger partial charge in [-0.15, -0.1) is 0 Å². The zero-order chi connectivity index (χ0) is 10.0. The molecule has 0 aliphatic carbocycles. The van der Waals surface area contributed by atoms with Gasteiger partial charge in [-0.25, -0.2) is 13.2 Å². The molecule has 0 amide bonds. The third kappa shape index (κ3) is 1.99. The molecule has 1 unspecified atom stereocenters. The molecule has 2 nitrogen and oxygen atoms in total. The highest BCUT2D eigenvalue weighted by atomic mass is 19.2. The van der Waals surface area contributed by atoms with E-state index in [9.17, 15) is 13.2 Å². The molecule has 0 fully saturated rings. The van der Waals surface area contributed by atoms with Crippen LogP contribution in [-0.4, -0.2) is 6.54 Å². The Morgan fingerprint density at radius 3 is 2.00 bits per heavy atom. The summed E-state index contributed by atoms with van der Waals surface area (Å²) in [6.07, 6.45) is 0. The molecule has 1 aromatic rings. The van der Waals surface area contributed by atoms with E-state index in [0.29, 0.717) is 0 Å². The summed E-state index contributed by atoms with van der Waals surface area (Å²) in [6, 6.07) is 1.01. The zero-order valence-corrected chi connectivity index (χ0v) is 6.73. The molecule has 4 N–H and O–H groups in total. The molecule has 0 saturated heterocycles. The summed E-state index contributed by atoms with van der Waals surface area (Å²) in [5.41, 5.74) is 10.7. The van der Waals surface area contributed by atoms with Gasteiger partial charge in [0.15, 0.2) is 17.5 Å². The fourth-order valence-corrected chi connectivity index (χ4v) is 0.925. The lowest BCUT2D eigenvalue weighted by Crippen LogP contribution is -2.21. The van der Waals surface area contributed by atoms with Crippen LogP contribution in [0.15, 0.2) is 12.1 Å². The molecule has 1 atom stereocenters. The molecule has 0 bridgehead atoms. The summed E-state index contributed by atoms with van der Waals surface area (Å²) >= 11 is 0. The van der Waals surface area contributed by atoms with E-state index in [2.05, 4.69) is 0 Å². The second-order valence-electron chi connectivity index (χ2n) is 2.64. The first-order valence-corrected chi connectivity index (χ1v) is 3.66. The summed E-state index contributed by atoms with van der Waals surface area (Å²) in [5, 5.41) is 0. The van der Waals surface area contributed by atoms with Crippen LogP contribution in [0.25, 0.3) is 0 Å². The fourth-order valence-electron chi connectivity index (χ4n) is 0.925. The van der Waals surface area contributed by atoms with E-state index < -0.39 is 23.5 Å². The fraction of sp³-hybridized carbons (Fsp3) is 0.250. The van der Waals surface area contributed by atoms with Crippen molar-refractivity contribution in [1.29, 1.82) is 0 Å². The van der Waals surface area contributed by atoms with Gasteiger partial charge in [-0.3, -0.25) is 0 Å². The van der Waals surface area contributed by atoms with Gasteiger partial charge >= 0.3 is 0 Å². The molecule has 1 aromatic carbocycles. The second-order valence-corrected chi connectivity index (χ2v) is 2.64. The van der Waals surface area contributed by atoms with E-state index in [4.69, 9.17) is 11.5 Å². The number of rotatable bonds is 2. The van der Waals surface area contributed by atoms with Crippen molar-refractivity contribution in [2.45, 2.75) is 6.04 Å². The summed E-state index contributed by atoms with van der Waals surface area (Å²) in [6.45, 7) is 0.0461. The number of benzene rings is 1. The lowest BCUT2D eigenvalue weighted by molar-refractivity contribution is 0.443. The van der Waals surface area contributed by atoms with Crippen molar-refractivity contribution in [3.63, 3.8) is 0 Å². The highest BCUT2D eigenvalue weighted by Gasteiger charge is 2.13. The summed E-state index contributed by atoms with van der Waals surface area (Å²) in [7, 11) is 0. The van der Waals surface area contributed by atoms with Gasteiger partial charge in [-0.05, 0) is 17.7 Å². The lowest BCUT2D eigenvalue weighted by Gasteiger charge is -2.09. The van der Waals surface area contributed by atoms with E-state index in [1.807, 2.05) is 0 Å². The van der Waals surface area contributed by atoms with E-state index in [0.717, 1.165) is 12.1 Å². The first-order chi connectivity index (χ1) is 6.06. The Morgan fingerprint density at radius 2 is 1.62 bits per heavy atom. The van der Waals surface area contributed by atoms with E-state index >= 15 is 0 Å². The molecule has 5 heteroatoms. The standard InChI is InChI=1S/C8H9F3N2/c9-5-1-4(7(13)3-12)2-6(10)8(5)11/h1-2,7H,3,12-13H2. The van der Waals surface area contributed by atoms with Crippen LogP contribution < -0.4 is 11.5 Å². The third-order valence-electron chi connectivity index (χ3n) is 1.69. The maximum atomic E-state index is 12.6. The van der Waals surface area contributed by atoms with Gasteiger partial charge in [0.25, 0.3) is 0 Å². The van der Waals surface area contributed by atoms with Crippen LogP contribution in [0.3, 0.4) is 0 Å². The molecule has 0 heterocycles. The molecule has 0 radical (unpaired) electrons. The lowest BCUT2D eigenvalue weighted by atomic mass is 10.1. The van der Waals surface area contributed by atoms with Gasteiger partial charge in [-0.2, -0.15) is 0 Å². The van der Waals surface area contributed by atoms with Gasteiger partial charge in [0.2, 0.25) is 0 Å². The first-order valence-electron chi connectivity index (χ1n) is 3.66. The molecule has 1 rings (SSSR count). The Morgan fingerprint density at radius 1 is 1.15 bits per heavy atom. The van der Waals surface area contributed by atoms with Gasteiger partial charge < -0.3 is 11.5 Å². The van der Waals surface area contributed by atoms with Crippen LogP contribution in [0.4, 0.5) is 13.2 Å². The quantitative estimate of drug-likeness (QED) is 0.685. The summed E-state index contributed by atoms with van der Waals surface area (Å²) < 4.78 is 37.7. The van der Waals surface area contributed by atoms with Gasteiger partial charge in [-0.1, -0.05) is 0 Å². The van der Waals surface area contributed by atoms with Crippen molar-refractivity contribution in [1.82, 2.24) is 0 Å². The number of halogens is 3. The van der Waals surface area contributed by atoms with Crippen molar-refractivity contribution >= 4 is 0 Å². The molecule has 13 heavy (non-hydrogen) atoms. The highest BCUT2D eigenvalue weighted by Crippen LogP contribution is 2.17. The van der Waals surface area contributed by atoms with Gasteiger partial charge in [0, 0.05) is 12.6 Å². The Labute approximate surface area is 73.3 Å². The Balaban J connectivity index is 3.13. The predicted molar refractivity (Wildman–Crippen MR) is 42.3 cm³/mol. The van der Waals surface area contributed by atoms with Crippen molar-refractivity contribution in [3.8, 4) is 0 Å². The maximum absolute atomic E-state index is 12.6. The smallest absolute Gasteiger partial charge is 0.194 e. The molecule has 0 aliphatic rings. The molecular formula is C8H9F3N2. The van der Waals surface area contributed by atoms with Crippen molar-refractivity contribution in [3.05, 3.63) is 35.1 Å². The van der Waals surface area contributed by atoms with Crippen LogP contribution in [0.2, 0.25) is 0 Å². The maximum Gasteiger partial charge on any atom is 0.194 e. The molecular weight excluding hydrogens is 181 g/mol. The number of nitrogens with two attached hydrogens (primary N) is 2. The van der Waals surface area contributed by atoms with Crippen molar-refractivity contribution in [2.75, 3.05) is 6.54 Å². The zero-order valence-electron chi connectivity index (χ0n) is 6.73. The predicted octanol–water partition coefficient (Wildman–Crippen LogP) is 1.06. The largest absolute Gasteiger partial charge is 0.329 e. The normalized spacial score (nSPS) is 13.0. The molecule has 0 saturated carbocycles. The number of hydrogen-bond donors (Lipinski definition) is 2. The second kappa shape index (κ2) is 3.76. The van der Waals surface area contributed by atoms with Gasteiger partial charge in [0.1, 0.15) is 0 Å². The van der Waals surface area contributed by atoms with Crippen molar-refractivity contribution in [2.24, 2.45) is 11.5 Å². The summed E-state index contributed by atoms with van der Waals surface area (Å²) in [5.74, 6) is -3.99. The Kier molecular flexibility index (Phi) is 2.90. The molecule has 0 aliphatic heterocycles. The van der Waals surface area contributed by atoms with Crippen LogP contribution >= 0.6 is 0 Å². The van der Waals surface area contributed by atoms with Crippen LogP contribution in [0.1, 0.15) is 11.6 Å². The van der Waals surface area contributed by atoms with E-state index in [1.54, 1.807) is 0 Å². The molecule has 0 aromatic heterocycles. The first kappa shape index (κ1) is 10.0. The van der Waals surface area contributed by atoms with Crippen LogP contribution in [-0.2, 0) is 0 Å². The third-order valence-corrected chi connectivity index (χ3v) is 1.69. The summed E-state index contributed by atoms with van der Waals surface area (Å²) in [4.78, 5) is 0. The Bertz CT molecular complexity index is 291. The van der Waals surface area contributed by atoms with E-state index in [-0.39, 0.29) is 12.1 Å². The average molecular weight is 190 g/mol. The van der Waals surface area contributed by atoms with Gasteiger partial charge in [0.05, 0.1) is 0 Å². The van der Waals surface area contributed by atoms with E-state index in [1.165, 1.54) is 0 Å².